The largest absolute Gasteiger partial charge is 0.484 e. The molecule has 2 aromatic carbocycles. The summed E-state index contributed by atoms with van der Waals surface area (Å²) in [4.78, 5) is 27.2. The number of piperidine rings is 1. The third-order valence-corrected chi connectivity index (χ3v) is 8.61. The average Bonchev–Trinajstić information content (AvgIpc) is 3.66. The van der Waals surface area contributed by atoms with Crippen LogP contribution < -0.4 is 9.47 Å². The number of hydrogen-bond acceptors (Lipinski definition) is 7. The van der Waals surface area contributed by atoms with Gasteiger partial charge in [-0.05, 0) is 74.2 Å². The second kappa shape index (κ2) is 14.5. The van der Waals surface area contributed by atoms with Crippen molar-refractivity contribution in [3.05, 3.63) is 107 Å². The van der Waals surface area contributed by atoms with Crippen molar-refractivity contribution in [3.63, 3.8) is 0 Å². The number of carboxylic acids is 1. The van der Waals surface area contributed by atoms with Gasteiger partial charge in [0.15, 0.2) is 17.4 Å². The Labute approximate surface area is 281 Å². The van der Waals surface area contributed by atoms with Crippen LogP contribution in [0.5, 0.6) is 11.6 Å². The fraction of sp³-hybridized carbons (Fsp3) is 0.314. The zero-order chi connectivity index (χ0) is 33.8. The number of aliphatic carboxylic acids is 1. The van der Waals surface area contributed by atoms with Crippen LogP contribution in [0.4, 0.5) is 8.78 Å². The molecule has 250 valence electrons. The minimum Gasteiger partial charge on any atom is -0.484 e. The van der Waals surface area contributed by atoms with E-state index in [9.17, 15) is 14.3 Å². The Morgan fingerprint density at radius 1 is 1.08 bits per heavy atom. The van der Waals surface area contributed by atoms with Crippen LogP contribution in [0.1, 0.15) is 49.5 Å². The zero-order valence-corrected chi connectivity index (χ0v) is 27.3. The van der Waals surface area contributed by atoms with Crippen LogP contribution in [0.15, 0.2) is 67.1 Å². The van der Waals surface area contributed by atoms with Gasteiger partial charge in [-0.15, -0.1) is 0 Å². The maximum absolute atomic E-state index is 15.5. The molecule has 1 aliphatic heterocycles. The number of nitrogens with zero attached hydrogens (tertiary/aromatic N) is 6. The lowest BCUT2D eigenvalue weighted by Crippen LogP contribution is -2.38. The minimum atomic E-state index is -1.09. The number of carbonyl (C=O) groups is 1. The summed E-state index contributed by atoms with van der Waals surface area (Å²) in [5.41, 5.74) is 3.32. The van der Waals surface area contributed by atoms with Crippen molar-refractivity contribution in [2.45, 2.75) is 59.0 Å². The highest BCUT2D eigenvalue weighted by Gasteiger charge is 2.24. The molecule has 0 amide bonds. The van der Waals surface area contributed by atoms with Gasteiger partial charge in [-0.2, -0.15) is 0 Å². The van der Waals surface area contributed by atoms with Gasteiger partial charge in [0, 0.05) is 43.0 Å². The molecule has 5 aromatic rings. The van der Waals surface area contributed by atoms with Crippen molar-refractivity contribution in [2.75, 3.05) is 13.1 Å². The first-order valence-corrected chi connectivity index (χ1v) is 16.1. The van der Waals surface area contributed by atoms with Crippen LogP contribution in [0.3, 0.4) is 0 Å². The van der Waals surface area contributed by atoms with Crippen molar-refractivity contribution in [3.8, 4) is 11.6 Å². The third kappa shape index (κ3) is 7.66. The average molecular weight is 677 g/mol. The van der Waals surface area contributed by atoms with Gasteiger partial charge < -0.3 is 23.7 Å². The fourth-order valence-corrected chi connectivity index (χ4v) is 6.01. The topological polar surface area (TPSA) is 108 Å². The Balaban J connectivity index is 1.15. The second-order valence-corrected chi connectivity index (χ2v) is 12.1. The van der Waals surface area contributed by atoms with Crippen LogP contribution in [0.2, 0.25) is 5.02 Å². The number of aryl methyl sites for hydroxylation is 1. The first kappa shape index (κ1) is 33.1. The highest BCUT2D eigenvalue weighted by molar-refractivity contribution is 6.30. The zero-order valence-electron chi connectivity index (χ0n) is 26.6. The highest BCUT2D eigenvalue weighted by atomic mass is 35.5. The molecule has 0 saturated carbocycles. The van der Waals surface area contributed by atoms with Gasteiger partial charge in [-0.25, -0.2) is 28.5 Å². The van der Waals surface area contributed by atoms with Crippen molar-refractivity contribution in [1.82, 2.24) is 29.0 Å². The van der Waals surface area contributed by atoms with Crippen molar-refractivity contribution in [2.24, 2.45) is 0 Å². The maximum atomic E-state index is 15.5. The number of imidazole rings is 2. The predicted molar refractivity (Wildman–Crippen MR) is 177 cm³/mol. The number of pyridine rings is 1. The summed E-state index contributed by atoms with van der Waals surface area (Å²) in [6, 6.07) is 12.8. The van der Waals surface area contributed by atoms with Gasteiger partial charge in [-0.3, -0.25) is 4.90 Å². The van der Waals surface area contributed by atoms with E-state index in [-0.39, 0.29) is 24.0 Å². The molecule has 0 unspecified atom stereocenters. The monoisotopic (exact) mass is 676 g/mol. The van der Waals surface area contributed by atoms with Crippen LogP contribution in [0.25, 0.3) is 16.6 Å². The number of benzene rings is 2. The van der Waals surface area contributed by atoms with Crippen molar-refractivity contribution < 1.29 is 28.2 Å². The van der Waals surface area contributed by atoms with Gasteiger partial charge >= 0.3 is 5.97 Å². The Morgan fingerprint density at radius 3 is 2.65 bits per heavy atom. The fourth-order valence-electron chi connectivity index (χ4n) is 5.85. The Morgan fingerprint density at radius 2 is 1.90 bits per heavy atom. The summed E-state index contributed by atoms with van der Waals surface area (Å²) >= 11 is 5.82. The summed E-state index contributed by atoms with van der Waals surface area (Å²) in [6.45, 7) is 6.87. The molecule has 0 atom stereocenters. The van der Waals surface area contributed by atoms with E-state index in [2.05, 4.69) is 14.9 Å². The standard InChI is InChI=1S/C35H35ClF2N6O4/c1-3-43-21-39-17-26(43)18-44-30-15-23(22(2)13-34(45)46)14-29(38)35(30)41-32(44)19-42-11-9-27(10-12-42)48-33-6-4-5-25(40-33)20-47-31-8-7-24(36)16-28(31)37/h4-8,13-17,21,27H,3,9-12,18-20H2,1-2H3,(H,45,46)/b22-13+. The normalized spacial score (nSPS) is 14.5. The van der Waals surface area contributed by atoms with E-state index >= 15 is 4.39 Å². The molecule has 48 heavy (non-hydrogen) atoms. The van der Waals surface area contributed by atoms with Gasteiger partial charge in [0.2, 0.25) is 5.88 Å². The quantitative estimate of drug-likeness (QED) is 0.145. The maximum Gasteiger partial charge on any atom is 0.328 e. The molecule has 6 rings (SSSR count). The number of carboxylic acid groups (broad SMARTS) is 1. The molecular weight excluding hydrogens is 642 g/mol. The summed E-state index contributed by atoms with van der Waals surface area (Å²) in [7, 11) is 0. The number of ether oxygens (including phenoxy) is 2. The summed E-state index contributed by atoms with van der Waals surface area (Å²) in [5, 5.41) is 9.55. The minimum absolute atomic E-state index is 0.0552. The Bertz CT molecular complexity index is 1970. The lowest BCUT2D eigenvalue weighted by Gasteiger charge is -2.31. The Hall–Kier alpha value is -4.81. The van der Waals surface area contributed by atoms with Crippen LogP contribution >= 0.6 is 11.6 Å². The van der Waals surface area contributed by atoms with E-state index in [1.165, 1.54) is 18.2 Å². The van der Waals surface area contributed by atoms with Crippen LogP contribution in [-0.2, 0) is 31.0 Å². The SMILES string of the molecule is CCn1cncc1Cn1c(CN2CCC(Oc3cccc(COc4ccc(Cl)cc4F)n3)CC2)nc2c(F)cc(/C(C)=C/C(=O)O)cc21. The molecule has 1 fully saturated rings. The van der Waals surface area contributed by atoms with Gasteiger partial charge in [0.1, 0.15) is 24.1 Å². The van der Waals surface area contributed by atoms with Gasteiger partial charge in [-0.1, -0.05) is 17.7 Å². The van der Waals surface area contributed by atoms with E-state index in [4.69, 9.17) is 26.1 Å². The Kier molecular flexibility index (Phi) is 10.0. The molecule has 3 aromatic heterocycles. The predicted octanol–water partition coefficient (Wildman–Crippen LogP) is 6.74. The first-order chi connectivity index (χ1) is 23.2. The number of allylic oxidation sites excluding steroid dienone is 1. The molecule has 0 spiro atoms. The first-order valence-electron chi connectivity index (χ1n) is 15.7. The lowest BCUT2D eigenvalue weighted by atomic mass is 10.1. The van der Waals surface area contributed by atoms with E-state index in [0.29, 0.717) is 52.2 Å². The molecule has 1 N–H and O–H groups in total. The summed E-state index contributed by atoms with van der Waals surface area (Å²) in [6.07, 6.45) is 6.07. The number of likely N-dealkylation sites (tertiary alicyclic amines) is 1. The number of hydrogen-bond donors (Lipinski definition) is 1. The van der Waals surface area contributed by atoms with Gasteiger partial charge in [0.05, 0.1) is 36.3 Å². The lowest BCUT2D eigenvalue weighted by molar-refractivity contribution is -0.131. The highest BCUT2D eigenvalue weighted by Crippen LogP contribution is 2.28. The number of aromatic nitrogens is 5. The molecule has 1 saturated heterocycles. The molecule has 4 heterocycles. The number of halogens is 3. The summed E-state index contributed by atoms with van der Waals surface area (Å²) in [5.74, 6) is -0.866. The van der Waals surface area contributed by atoms with Crippen LogP contribution in [-0.4, -0.2) is 59.3 Å². The molecule has 1 aliphatic rings. The van der Waals surface area contributed by atoms with Crippen molar-refractivity contribution >= 4 is 34.2 Å². The molecule has 0 bridgehead atoms. The van der Waals surface area contributed by atoms with E-state index in [1.54, 1.807) is 43.7 Å². The van der Waals surface area contributed by atoms with Gasteiger partial charge in [0.25, 0.3) is 0 Å². The summed E-state index contributed by atoms with van der Waals surface area (Å²) < 4.78 is 45.4. The third-order valence-electron chi connectivity index (χ3n) is 8.38. The van der Waals surface area contributed by atoms with E-state index in [1.807, 2.05) is 22.1 Å². The smallest absolute Gasteiger partial charge is 0.328 e. The molecule has 0 aliphatic carbocycles. The molecular formula is C35H35ClF2N6O4. The molecule has 0 radical (unpaired) electrons. The molecule has 10 nitrogen and oxygen atoms in total. The number of fused-ring (bicyclic) bond motifs is 1. The van der Waals surface area contributed by atoms with Crippen LogP contribution in [0, 0.1) is 11.6 Å². The number of rotatable bonds is 12. The van der Waals surface area contributed by atoms with E-state index in [0.717, 1.165) is 44.2 Å². The second-order valence-electron chi connectivity index (χ2n) is 11.7. The molecule has 13 heteroatoms. The van der Waals surface area contributed by atoms with E-state index < -0.39 is 17.6 Å². The van der Waals surface area contributed by atoms with Crippen molar-refractivity contribution in [1.29, 1.82) is 0 Å².